The first kappa shape index (κ1) is 12.8. The zero-order chi connectivity index (χ0) is 12.3. The monoisotopic (exact) mass is 297 g/mol. The molecule has 1 atom stereocenters. The Hall–Kier alpha value is -0.610. The number of hydrogen-bond donors (Lipinski definition) is 0. The third kappa shape index (κ3) is 2.99. The molecule has 0 aliphatic carbocycles. The molecule has 0 aromatic carbocycles. The van der Waals surface area contributed by atoms with Gasteiger partial charge in [-0.05, 0) is 33.0 Å². The SMILES string of the molecule is CC1CN(C)CCCN1c1ncccc1CBr. The second-order valence-electron chi connectivity index (χ2n) is 4.78. The van der Waals surface area contributed by atoms with Crippen LogP contribution in [0.15, 0.2) is 18.3 Å². The summed E-state index contributed by atoms with van der Waals surface area (Å²) in [4.78, 5) is 9.42. The summed E-state index contributed by atoms with van der Waals surface area (Å²) in [5.74, 6) is 1.15. The lowest BCUT2D eigenvalue weighted by molar-refractivity contribution is 0.337. The topological polar surface area (TPSA) is 19.4 Å². The highest BCUT2D eigenvalue weighted by molar-refractivity contribution is 9.08. The number of aromatic nitrogens is 1. The Morgan fingerprint density at radius 2 is 2.29 bits per heavy atom. The predicted molar refractivity (Wildman–Crippen MR) is 75.8 cm³/mol. The number of pyridine rings is 1. The minimum absolute atomic E-state index is 0.523. The second kappa shape index (κ2) is 5.83. The van der Waals surface area contributed by atoms with E-state index in [2.05, 4.69) is 50.8 Å². The standard InChI is InChI=1S/C13H20BrN3/c1-11-10-16(2)7-4-8-17(11)13-12(9-14)5-3-6-15-13/h3,5-6,11H,4,7-10H2,1-2H3. The summed E-state index contributed by atoms with van der Waals surface area (Å²) in [6.45, 7) is 5.67. The number of halogens is 1. The van der Waals surface area contributed by atoms with Gasteiger partial charge in [0.15, 0.2) is 0 Å². The number of anilines is 1. The first-order chi connectivity index (χ1) is 8.22. The fraction of sp³-hybridized carbons (Fsp3) is 0.615. The zero-order valence-corrected chi connectivity index (χ0v) is 12.2. The van der Waals surface area contributed by atoms with E-state index in [0.717, 1.165) is 24.2 Å². The fourth-order valence-electron chi connectivity index (χ4n) is 2.48. The van der Waals surface area contributed by atoms with Crippen molar-refractivity contribution < 1.29 is 0 Å². The molecule has 3 nitrogen and oxygen atoms in total. The van der Waals surface area contributed by atoms with Crippen molar-refractivity contribution >= 4 is 21.7 Å². The van der Waals surface area contributed by atoms with E-state index in [0.29, 0.717) is 6.04 Å². The van der Waals surface area contributed by atoms with E-state index in [-0.39, 0.29) is 0 Å². The van der Waals surface area contributed by atoms with Crippen LogP contribution in [0.1, 0.15) is 18.9 Å². The maximum absolute atomic E-state index is 4.57. The molecule has 0 saturated carbocycles. The maximum Gasteiger partial charge on any atom is 0.132 e. The smallest absolute Gasteiger partial charge is 0.132 e. The van der Waals surface area contributed by atoms with Gasteiger partial charge in [0, 0.05) is 36.2 Å². The van der Waals surface area contributed by atoms with Gasteiger partial charge < -0.3 is 9.80 Å². The number of likely N-dealkylation sites (N-methyl/N-ethyl adjacent to an activating group) is 1. The van der Waals surface area contributed by atoms with Gasteiger partial charge in [0.05, 0.1) is 0 Å². The molecule has 17 heavy (non-hydrogen) atoms. The molecule has 1 saturated heterocycles. The first-order valence-electron chi connectivity index (χ1n) is 6.17. The Morgan fingerprint density at radius 1 is 1.47 bits per heavy atom. The molecule has 2 heterocycles. The normalized spacial score (nSPS) is 22.5. The molecule has 2 rings (SSSR count). The molecule has 0 spiro atoms. The van der Waals surface area contributed by atoms with Gasteiger partial charge in [-0.25, -0.2) is 4.98 Å². The van der Waals surface area contributed by atoms with E-state index < -0.39 is 0 Å². The molecule has 1 aliphatic heterocycles. The van der Waals surface area contributed by atoms with Crippen LogP contribution in [-0.4, -0.2) is 42.6 Å². The van der Waals surface area contributed by atoms with Crippen LogP contribution in [0.5, 0.6) is 0 Å². The van der Waals surface area contributed by atoms with Crippen LogP contribution in [-0.2, 0) is 5.33 Å². The molecule has 4 heteroatoms. The molecule has 94 valence electrons. The van der Waals surface area contributed by atoms with Crippen LogP contribution in [0.4, 0.5) is 5.82 Å². The lowest BCUT2D eigenvalue weighted by Gasteiger charge is -2.30. The molecule has 1 unspecified atom stereocenters. The summed E-state index contributed by atoms with van der Waals surface area (Å²) in [5.41, 5.74) is 1.28. The van der Waals surface area contributed by atoms with Crippen LogP contribution in [0.2, 0.25) is 0 Å². The zero-order valence-electron chi connectivity index (χ0n) is 10.6. The highest BCUT2D eigenvalue weighted by atomic mass is 79.9. The van der Waals surface area contributed by atoms with E-state index in [4.69, 9.17) is 0 Å². The molecule has 0 N–H and O–H groups in total. The molecule has 1 aliphatic rings. The van der Waals surface area contributed by atoms with E-state index in [1.165, 1.54) is 18.5 Å². The number of rotatable bonds is 2. The average Bonchev–Trinajstić information content (AvgIpc) is 2.50. The van der Waals surface area contributed by atoms with Crippen LogP contribution in [0.3, 0.4) is 0 Å². The van der Waals surface area contributed by atoms with Gasteiger partial charge in [0.1, 0.15) is 5.82 Å². The van der Waals surface area contributed by atoms with E-state index in [9.17, 15) is 0 Å². The van der Waals surface area contributed by atoms with Crippen molar-refractivity contribution in [3.05, 3.63) is 23.9 Å². The lowest BCUT2D eigenvalue weighted by atomic mass is 10.2. The first-order valence-corrected chi connectivity index (χ1v) is 7.29. The Labute approximate surface area is 112 Å². The van der Waals surface area contributed by atoms with Gasteiger partial charge in [0.2, 0.25) is 0 Å². The summed E-state index contributed by atoms with van der Waals surface area (Å²) >= 11 is 3.55. The molecule has 0 bridgehead atoms. The van der Waals surface area contributed by atoms with E-state index in [1.54, 1.807) is 0 Å². The van der Waals surface area contributed by atoms with Crippen molar-refractivity contribution in [2.75, 3.05) is 31.6 Å². The van der Waals surface area contributed by atoms with Gasteiger partial charge in [0.25, 0.3) is 0 Å². The predicted octanol–water partition coefficient (Wildman–Crippen LogP) is 2.51. The Bertz CT molecular complexity index is 369. The largest absolute Gasteiger partial charge is 0.352 e. The second-order valence-corrected chi connectivity index (χ2v) is 5.34. The van der Waals surface area contributed by atoms with Crippen LogP contribution in [0, 0.1) is 0 Å². The number of alkyl halides is 1. The summed E-state index contributed by atoms with van der Waals surface area (Å²) in [6.07, 6.45) is 3.10. The summed E-state index contributed by atoms with van der Waals surface area (Å²) in [5, 5.41) is 0.870. The van der Waals surface area contributed by atoms with Gasteiger partial charge in [-0.3, -0.25) is 0 Å². The van der Waals surface area contributed by atoms with Gasteiger partial charge in [-0.2, -0.15) is 0 Å². The molecule has 1 aromatic rings. The van der Waals surface area contributed by atoms with Crippen molar-refractivity contribution in [3.63, 3.8) is 0 Å². The van der Waals surface area contributed by atoms with Gasteiger partial charge in [-0.15, -0.1) is 0 Å². The van der Waals surface area contributed by atoms with E-state index in [1.807, 2.05) is 12.3 Å². The summed E-state index contributed by atoms with van der Waals surface area (Å²) < 4.78 is 0. The quantitative estimate of drug-likeness (QED) is 0.782. The minimum atomic E-state index is 0.523. The lowest BCUT2D eigenvalue weighted by Crippen LogP contribution is -2.38. The van der Waals surface area contributed by atoms with Crippen LogP contribution in [0.25, 0.3) is 0 Å². The average molecular weight is 298 g/mol. The molecule has 1 aromatic heterocycles. The molecule has 0 radical (unpaired) electrons. The van der Waals surface area contributed by atoms with Crippen LogP contribution >= 0.6 is 15.9 Å². The van der Waals surface area contributed by atoms with Crippen LogP contribution < -0.4 is 4.90 Å². The highest BCUT2D eigenvalue weighted by Gasteiger charge is 2.22. The van der Waals surface area contributed by atoms with Crippen molar-refractivity contribution in [3.8, 4) is 0 Å². The third-order valence-corrected chi connectivity index (χ3v) is 3.93. The molecular formula is C13H20BrN3. The number of hydrogen-bond acceptors (Lipinski definition) is 3. The Balaban J connectivity index is 2.25. The molecule has 0 amide bonds. The van der Waals surface area contributed by atoms with Crippen molar-refractivity contribution in [2.24, 2.45) is 0 Å². The highest BCUT2D eigenvalue weighted by Crippen LogP contribution is 2.23. The minimum Gasteiger partial charge on any atom is -0.352 e. The molecular weight excluding hydrogens is 278 g/mol. The van der Waals surface area contributed by atoms with Crippen molar-refractivity contribution in [1.82, 2.24) is 9.88 Å². The number of nitrogens with zero attached hydrogens (tertiary/aromatic N) is 3. The van der Waals surface area contributed by atoms with Gasteiger partial charge in [-0.1, -0.05) is 22.0 Å². The summed E-state index contributed by atoms with van der Waals surface area (Å²) in [6, 6.07) is 4.68. The fourth-order valence-corrected chi connectivity index (χ4v) is 2.92. The maximum atomic E-state index is 4.57. The molecule has 1 fully saturated rings. The van der Waals surface area contributed by atoms with Crippen molar-refractivity contribution in [2.45, 2.75) is 24.7 Å². The van der Waals surface area contributed by atoms with Crippen molar-refractivity contribution in [1.29, 1.82) is 0 Å². The van der Waals surface area contributed by atoms with E-state index >= 15 is 0 Å². The summed E-state index contributed by atoms with van der Waals surface area (Å²) in [7, 11) is 2.20. The van der Waals surface area contributed by atoms with Gasteiger partial charge >= 0.3 is 0 Å². The third-order valence-electron chi connectivity index (χ3n) is 3.33. The Kier molecular flexibility index (Phi) is 4.40. The Morgan fingerprint density at radius 3 is 3.06 bits per heavy atom.